The second kappa shape index (κ2) is 3.79. The first-order chi connectivity index (χ1) is 7.49. The predicted molar refractivity (Wildman–Crippen MR) is 66.4 cm³/mol. The van der Waals surface area contributed by atoms with Gasteiger partial charge >= 0.3 is 0 Å². The van der Waals surface area contributed by atoms with Gasteiger partial charge in [0.05, 0.1) is 11.2 Å². The highest BCUT2D eigenvalue weighted by atomic mass is 32.1. The molecule has 0 radical (unpaired) electrons. The fraction of sp³-hybridized carbons (Fsp3) is 0.400. The first-order valence-corrected chi connectivity index (χ1v) is 5.84. The molecule has 0 saturated carbocycles. The van der Waals surface area contributed by atoms with Gasteiger partial charge in [-0.05, 0) is 13.8 Å². The smallest absolute Gasteiger partial charge is 0.172 e. The van der Waals surface area contributed by atoms with Gasteiger partial charge in [-0.15, -0.1) is 11.3 Å². The Balaban J connectivity index is 2.24. The highest BCUT2D eigenvalue weighted by Gasteiger charge is 2.24. The Morgan fingerprint density at radius 3 is 2.75 bits per heavy atom. The molecule has 0 fully saturated rings. The predicted octanol–water partition coefficient (Wildman–Crippen LogP) is 1.81. The third-order valence-corrected chi connectivity index (χ3v) is 3.35. The fourth-order valence-corrected chi connectivity index (χ4v) is 2.20. The van der Waals surface area contributed by atoms with Gasteiger partial charge in [-0.25, -0.2) is 4.98 Å². The van der Waals surface area contributed by atoms with Gasteiger partial charge in [0.2, 0.25) is 0 Å². The van der Waals surface area contributed by atoms with Gasteiger partial charge in [-0.3, -0.25) is 4.68 Å². The van der Waals surface area contributed by atoms with Crippen molar-refractivity contribution in [1.29, 1.82) is 0 Å². The van der Waals surface area contributed by atoms with Crippen LogP contribution in [0.1, 0.15) is 18.9 Å². The Kier molecular flexibility index (Phi) is 2.59. The summed E-state index contributed by atoms with van der Waals surface area (Å²) in [5.74, 6) is 0.697. The van der Waals surface area contributed by atoms with E-state index in [1.165, 1.54) is 0 Å². The number of aromatic nitrogens is 3. The first kappa shape index (κ1) is 10.9. The van der Waals surface area contributed by atoms with E-state index in [2.05, 4.69) is 29.2 Å². The number of rotatable bonds is 3. The fourth-order valence-electron chi connectivity index (χ4n) is 1.49. The second-order valence-electron chi connectivity index (χ2n) is 4.19. The lowest BCUT2D eigenvalue weighted by molar-refractivity contribution is 0.597. The number of nitrogens with two attached hydrogens (primary N) is 1. The lowest BCUT2D eigenvalue weighted by Crippen LogP contribution is -2.28. The average Bonchev–Trinajstić information content (AvgIpc) is 2.76. The highest BCUT2D eigenvalue weighted by Crippen LogP contribution is 2.28. The third-order valence-electron chi connectivity index (χ3n) is 2.25. The quantitative estimate of drug-likeness (QED) is 0.854. The van der Waals surface area contributed by atoms with E-state index in [9.17, 15) is 0 Å². The van der Waals surface area contributed by atoms with E-state index in [1.807, 2.05) is 12.4 Å². The number of thiazole rings is 1. The molecule has 2 aromatic rings. The molecule has 5 nitrogen and oxygen atoms in total. The van der Waals surface area contributed by atoms with Crippen LogP contribution in [-0.2, 0) is 12.6 Å². The summed E-state index contributed by atoms with van der Waals surface area (Å²) in [6.07, 6.45) is 3.57. The van der Waals surface area contributed by atoms with Crippen LogP contribution < -0.4 is 11.1 Å². The van der Waals surface area contributed by atoms with Crippen LogP contribution in [0, 0.1) is 0 Å². The summed E-state index contributed by atoms with van der Waals surface area (Å²) in [4.78, 5) is 4.30. The molecular weight excluding hydrogens is 222 g/mol. The maximum Gasteiger partial charge on any atom is 0.172 e. The summed E-state index contributed by atoms with van der Waals surface area (Å²) in [5.41, 5.74) is 6.22. The number of nitrogens with one attached hydrogen (secondary N) is 1. The number of nitrogens with zero attached hydrogens (tertiary/aromatic N) is 3. The highest BCUT2D eigenvalue weighted by molar-refractivity contribution is 7.09. The molecule has 0 aliphatic heterocycles. The van der Waals surface area contributed by atoms with Crippen LogP contribution >= 0.6 is 11.3 Å². The maximum absolute atomic E-state index is 5.84. The van der Waals surface area contributed by atoms with E-state index < -0.39 is 0 Å². The molecular formula is C10H15N5S. The zero-order chi connectivity index (χ0) is 11.8. The van der Waals surface area contributed by atoms with E-state index >= 15 is 0 Å². The molecule has 2 aromatic heterocycles. The topological polar surface area (TPSA) is 68.8 Å². The second-order valence-corrected chi connectivity index (χ2v) is 5.09. The van der Waals surface area contributed by atoms with Gasteiger partial charge < -0.3 is 11.1 Å². The average molecular weight is 237 g/mol. The van der Waals surface area contributed by atoms with Crippen molar-refractivity contribution in [3.05, 3.63) is 22.8 Å². The molecule has 0 spiro atoms. The van der Waals surface area contributed by atoms with Gasteiger partial charge in [0.15, 0.2) is 5.82 Å². The number of hydrogen-bond donors (Lipinski definition) is 2. The van der Waals surface area contributed by atoms with Crippen molar-refractivity contribution in [2.45, 2.75) is 19.4 Å². The molecule has 0 aromatic carbocycles. The van der Waals surface area contributed by atoms with Gasteiger partial charge in [0.25, 0.3) is 0 Å². The third kappa shape index (κ3) is 2.01. The van der Waals surface area contributed by atoms with Crippen LogP contribution in [-0.4, -0.2) is 14.8 Å². The molecule has 0 aliphatic carbocycles. The van der Waals surface area contributed by atoms with Crippen molar-refractivity contribution >= 4 is 22.8 Å². The molecule has 0 unspecified atom stereocenters. The van der Waals surface area contributed by atoms with Crippen LogP contribution in [0.4, 0.5) is 11.5 Å². The van der Waals surface area contributed by atoms with E-state index in [1.54, 1.807) is 28.4 Å². The standard InChI is InChI=1S/C10H15N5S/c1-10(2,9-12-4-5-16-9)13-8-7(11)6-15(3)14-8/h4-6H,11H2,1-3H3,(H,13,14). The monoisotopic (exact) mass is 237 g/mol. The molecule has 0 aliphatic rings. The normalized spacial score (nSPS) is 11.7. The first-order valence-electron chi connectivity index (χ1n) is 4.96. The summed E-state index contributed by atoms with van der Waals surface area (Å²) in [5, 5.41) is 10.5. The summed E-state index contributed by atoms with van der Waals surface area (Å²) >= 11 is 1.61. The van der Waals surface area contributed by atoms with E-state index in [0.717, 1.165) is 5.01 Å². The zero-order valence-corrected chi connectivity index (χ0v) is 10.4. The number of aryl methyl sites for hydroxylation is 1. The van der Waals surface area contributed by atoms with Crippen molar-refractivity contribution in [2.75, 3.05) is 11.1 Å². The largest absolute Gasteiger partial charge is 0.394 e. The van der Waals surface area contributed by atoms with Crippen LogP contribution in [0.15, 0.2) is 17.8 Å². The minimum absolute atomic E-state index is 0.267. The van der Waals surface area contributed by atoms with Gasteiger partial charge in [0.1, 0.15) is 5.01 Å². The lowest BCUT2D eigenvalue weighted by atomic mass is 10.1. The molecule has 0 amide bonds. The maximum atomic E-state index is 5.84. The lowest BCUT2D eigenvalue weighted by Gasteiger charge is -2.23. The Morgan fingerprint density at radius 1 is 1.50 bits per heavy atom. The molecule has 16 heavy (non-hydrogen) atoms. The minimum atomic E-state index is -0.267. The Labute approximate surface area is 98.3 Å². The molecule has 6 heteroatoms. The van der Waals surface area contributed by atoms with Crippen LogP contribution in [0.5, 0.6) is 0 Å². The van der Waals surface area contributed by atoms with Crippen molar-refractivity contribution in [2.24, 2.45) is 7.05 Å². The Morgan fingerprint density at radius 2 is 2.25 bits per heavy atom. The van der Waals surface area contributed by atoms with Crippen molar-refractivity contribution in [3.63, 3.8) is 0 Å². The van der Waals surface area contributed by atoms with E-state index in [4.69, 9.17) is 5.73 Å². The van der Waals surface area contributed by atoms with Crippen LogP contribution in [0.3, 0.4) is 0 Å². The Bertz CT molecular complexity index is 471. The SMILES string of the molecule is Cn1cc(N)c(NC(C)(C)c2nccs2)n1. The number of hydrogen-bond acceptors (Lipinski definition) is 5. The molecule has 3 N–H and O–H groups in total. The summed E-state index contributed by atoms with van der Waals surface area (Å²) < 4.78 is 1.69. The molecule has 0 atom stereocenters. The van der Waals surface area contributed by atoms with Crippen molar-refractivity contribution < 1.29 is 0 Å². The zero-order valence-electron chi connectivity index (χ0n) is 9.56. The summed E-state index contributed by atoms with van der Waals surface area (Å²) in [6.45, 7) is 4.11. The van der Waals surface area contributed by atoms with E-state index in [0.29, 0.717) is 11.5 Å². The van der Waals surface area contributed by atoms with Gasteiger partial charge in [0, 0.05) is 24.8 Å². The summed E-state index contributed by atoms with van der Waals surface area (Å²) in [6, 6.07) is 0. The number of anilines is 2. The Hall–Kier alpha value is -1.56. The van der Waals surface area contributed by atoms with Crippen molar-refractivity contribution in [3.8, 4) is 0 Å². The molecule has 0 bridgehead atoms. The van der Waals surface area contributed by atoms with Gasteiger partial charge in [-0.1, -0.05) is 0 Å². The summed E-state index contributed by atoms with van der Waals surface area (Å²) in [7, 11) is 1.85. The van der Waals surface area contributed by atoms with Crippen LogP contribution in [0.2, 0.25) is 0 Å². The number of nitrogen functional groups attached to an aromatic ring is 1. The van der Waals surface area contributed by atoms with Crippen LogP contribution in [0.25, 0.3) is 0 Å². The van der Waals surface area contributed by atoms with Gasteiger partial charge in [-0.2, -0.15) is 5.10 Å². The minimum Gasteiger partial charge on any atom is -0.394 e. The van der Waals surface area contributed by atoms with Crippen molar-refractivity contribution in [1.82, 2.24) is 14.8 Å². The molecule has 0 saturated heterocycles. The molecule has 2 heterocycles. The molecule has 86 valence electrons. The van der Waals surface area contributed by atoms with E-state index in [-0.39, 0.29) is 5.54 Å². The molecule has 2 rings (SSSR count).